The van der Waals surface area contributed by atoms with E-state index in [9.17, 15) is 0 Å². The fourth-order valence-electron chi connectivity index (χ4n) is 1.91. The molecule has 0 aliphatic rings. The molecule has 86 valence electrons. The number of nitrogens with zero attached hydrogens (tertiary/aromatic N) is 3. The molecular weight excluding hydrogens is 200 g/mol. The highest BCUT2D eigenvalue weighted by Crippen LogP contribution is 2.23. The summed E-state index contributed by atoms with van der Waals surface area (Å²) < 4.78 is 1.91. The Morgan fingerprint density at radius 2 is 2.19 bits per heavy atom. The smallest absolute Gasteiger partial charge is 0.154 e. The Kier molecular flexibility index (Phi) is 2.83. The molecule has 0 aliphatic heterocycles. The van der Waals surface area contributed by atoms with Crippen molar-refractivity contribution >= 4 is 11.3 Å². The Labute approximate surface area is 95.7 Å². The van der Waals surface area contributed by atoms with Gasteiger partial charge in [0.25, 0.3) is 0 Å². The zero-order valence-corrected chi connectivity index (χ0v) is 10.0. The molecule has 0 aromatic carbocycles. The Bertz CT molecular complexity index is 485. The lowest BCUT2D eigenvalue weighted by Gasteiger charge is -2.12. The first-order chi connectivity index (χ1) is 7.59. The fourth-order valence-corrected chi connectivity index (χ4v) is 1.91. The summed E-state index contributed by atoms with van der Waals surface area (Å²) in [5.74, 6) is 1.00. The molecular formula is C12H18N4. The highest BCUT2D eigenvalue weighted by Gasteiger charge is 2.14. The van der Waals surface area contributed by atoms with E-state index in [0.717, 1.165) is 17.8 Å². The van der Waals surface area contributed by atoms with Crippen LogP contribution in [0.4, 0.5) is 5.82 Å². The SMILES string of the molecule is CC(N)Cc1c(N(C)C)nn2ccccc12. The fraction of sp³-hybridized carbons (Fsp3) is 0.417. The quantitative estimate of drug-likeness (QED) is 0.844. The van der Waals surface area contributed by atoms with Crippen molar-refractivity contribution in [1.82, 2.24) is 9.61 Å². The molecule has 0 fully saturated rings. The van der Waals surface area contributed by atoms with E-state index in [1.807, 2.05) is 48.8 Å². The molecule has 2 aromatic rings. The number of rotatable bonds is 3. The number of aromatic nitrogens is 2. The van der Waals surface area contributed by atoms with Crippen molar-refractivity contribution in [1.29, 1.82) is 0 Å². The Morgan fingerprint density at radius 1 is 1.44 bits per heavy atom. The van der Waals surface area contributed by atoms with Gasteiger partial charge >= 0.3 is 0 Å². The largest absolute Gasteiger partial charge is 0.361 e. The minimum Gasteiger partial charge on any atom is -0.361 e. The van der Waals surface area contributed by atoms with Crippen LogP contribution in [-0.2, 0) is 6.42 Å². The van der Waals surface area contributed by atoms with Crippen molar-refractivity contribution in [2.75, 3.05) is 19.0 Å². The van der Waals surface area contributed by atoms with Crippen LogP contribution in [0.5, 0.6) is 0 Å². The van der Waals surface area contributed by atoms with E-state index in [1.54, 1.807) is 0 Å². The second-order valence-electron chi connectivity index (χ2n) is 4.41. The molecule has 1 atom stereocenters. The van der Waals surface area contributed by atoms with Gasteiger partial charge in [0.05, 0.1) is 5.52 Å². The van der Waals surface area contributed by atoms with Gasteiger partial charge in [-0.25, -0.2) is 4.52 Å². The van der Waals surface area contributed by atoms with Crippen LogP contribution in [0.25, 0.3) is 5.52 Å². The van der Waals surface area contributed by atoms with Gasteiger partial charge in [-0.1, -0.05) is 6.07 Å². The second-order valence-corrected chi connectivity index (χ2v) is 4.41. The average molecular weight is 218 g/mol. The van der Waals surface area contributed by atoms with Gasteiger partial charge in [0.15, 0.2) is 5.82 Å². The summed E-state index contributed by atoms with van der Waals surface area (Å²) in [7, 11) is 4.01. The second kappa shape index (κ2) is 4.14. The summed E-state index contributed by atoms with van der Waals surface area (Å²) in [4.78, 5) is 2.03. The Morgan fingerprint density at radius 3 is 2.81 bits per heavy atom. The van der Waals surface area contributed by atoms with Crippen molar-refractivity contribution in [3.63, 3.8) is 0 Å². The molecule has 2 heterocycles. The molecule has 2 aromatic heterocycles. The van der Waals surface area contributed by atoms with E-state index in [0.29, 0.717) is 0 Å². The number of anilines is 1. The van der Waals surface area contributed by atoms with Gasteiger partial charge in [0, 0.05) is 31.9 Å². The van der Waals surface area contributed by atoms with Crippen molar-refractivity contribution in [2.24, 2.45) is 5.73 Å². The maximum atomic E-state index is 5.89. The first-order valence-corrected chi connectivity index (χ1v) is 5.48. The summed E-state index contributed by atoms with van der Waals surface area (Å²) in [6, 6.07) is 6.24. The van der Waals surface area contributed by atoms with Crippen LogP contribution in [0.1, 0.15) is 12.5 Å². The van der Waals surface area contributed by atoms with E-state index in [-0.39, 0.29) is 6.04 Å². The molecule has 0 bridgehead atoms. The van der Waals surface area contributed by atoms with Crippen LogP contribution in [0.3, 0.4) is 0 Å². The molecule has 16 heavy (non-hydrogen) atoms. The maximum absolute atomic E-state index is 5.89. The third-order valence-electron chi connectivity index (χ3n) is 2.57. The summed E-state index contributed by atoms with van der Waals surface area (Å²) >= 11 is 0. The predicted molar refractivity (Wildman–Crippen MR) is 66.9 cm³/mol. The normalized spacial score (nSPS) is 13.0. The summed E-state index contributed by atoms with van der Waals surface area (Å²) in [5, 5.41) is 4.55. The molecule has 0 spiro atoms. The molecule has 2 N–H and O–H groups in total. The third-order valence-corrected chi connectivity index (χ3v) is 2.57. The van der Waals surface area contributed by atoms with Gasteiger partial charge in [-0.15, -0.1) is 5.10 Å². The van der Waals surface area contributed by atoms with Crippen LogP contribution in [0, 0.1) is 0 Å². The van der Waals surface area contributed by atoms with Gasteiger partial charge in [0.2, 0.25) is 0 Å². The molecule has 0 saturated heterocycles. The topological polar surface area (TPSA) is 46.6 Å². The van der Waals surface area contributed by atoms with Crippen molar-refractivity contribution in [3.8, 4) is 0 Å². The zero-order chi connectivity index (χ0) is 11.7. The van der Waals surface area contributed by atoms with E-state index in [4.69, 9.17) is 5.73 Å². The number of hydrogen-bond donors (Lipinski definition) is 1. The number of hydrogen-bond acceptors (Lipinski definition) is 3. The van der Waals surface area contributed by atoms with E-state index < -0.39 is 0 Å². The lowest BCUT2D eigenvalue weighted by atomic mass is 10.1. The van der Waals surface area contributed by atoms with Crippen LogP contribution >= 0.6 is 0 Å². The first kappa shape index (κ1) is 11.0. The van der Waals surface area contributed by atoms with Crippen LogP contribution in [0.15, 0.2) is 24.4 Å². The molecule has 0 radical (unpaired) electrons. The highest BCUT2D eigenvalue weighted by atomic mass is 15.3. The number of nitrogens with two attached hydrogens (primary N) is 1. The molecule has 0 aliphatic carbocycles. The van der Waals surface area contributed by atoms with Gasteiger partial charge in [-0.05, 0) is 25.5 Å². The monoisotopic (exact) mass is 218 g/mol. The highest BCUT2D eigenvalue weighted by molar-refractivity contribution is 5.66. The minimum absolute atomic E-state index is 0.145. The van der Waals surface area contributed by atoms with E-state index in [1.165, 1.54) is 5.56 Å². The average Bonchev–Trinajstić information content (AvgIpc) is 2.57. The molecule has 0 amide bonds. The summed E-state index contributed by atoms with van der Waals surface area (Å²) in [5.41, 5.74) is 8.25. The zero-order valence-electron chi connectivity index (χ0n) is 10.0. The lowest BCUT2D eigenvalue weighted by Crippen LogP contribution is -2.20. The number of fused-ring (bicyclic) bond motifs is 1. The van der Waals surface area contributed by atoms with E-state index >= 15 is 0 Å². The van der Waals surface area contributed by atoms with Crippen LogP contribution in [-0.4, -0.2) is 29.8 Å². The molecule has 0 saturated carbocycles. The molecule has 1 unspecified atom stereocenters. The number of pyridine rings is 1. The predicted octanol–water partition coefficient (Wildman–Crippen LogP) is 1.29. The molecule has 2 rings (SSSR count). The van der Waals surface area contributed by atoms with Crippen molar-refractivity contribution in [3.05, 3.63) is 30.0 Å². The van der Waals surface area contributed by atoms with Crippen LogP contribution in [0.2, 0.25) is 0 Å². The van der Waals surface area contributed by atoms with Gasteiger partial charge < -0.3 is 10.6 Å². The molecule has 4 nitrogen and oxygen atoms in total. The Hall–Kier alpha value is -1.55. The summed E-state index contributed by atoms with van der Waals surface area (Å²) in [6.45, 7) is 2.02. The van der Waals surface area contributed by atoms with E-state index in [2.05, 4.69) is 11.2 Å². The van der Waals surface area contributed by atoms with Crippen molar-refractivity contribution in [2.45, 2.75) is 19.4 Å². The molecule has 4 heteroatoms. The van der Waals surface area contributed by atoms with Gasteiger partial charge in [0.1, 0.15) is 0 Å². The van der Waals surface area contributed by atoms with Gasteiger partial charge in [-0.2, -0.15) is 0 Å². The lowest BCUT2D eigenvalue weighted by molar-refractivity contribution is 0.740. The van der Waals surface area contributed by atoms with Crippen molar-refractivity contribution < 1.29 is 0 Å². The third kappa shape index (κ3) is 1.88. The first-order valence-electron chi connectivity index (χ1n) is 5.48. The minimum atomic E-state index is 0.145. The standard InChI is InChI=1S/C12H18N4/c1-9(13)8-10-11-6-4-5-7-16(11)14-12(10)15(2)3/h4-7,9H,8,13H2,1-3H3. The Balaban J connectivity index is 2.60. The summed E-state index contributed by atoms with van der Waals surface area (Å²) in [6.07, 6.45) is 2.81. The van der Waals surface area contributed by atoms with Crippen LogP contribution < -0.4 is 10.6 Å². The maximum Gasteiger partial charge on any atom is 0.154 e. The van der Waals surface area contributed by atoms with Gasteiger partial charge in [-0.3, -0.25) is 0 Å².